The zero-order chi connectivity index (χ0) is 19.7. The minimum Gasteiger partial charge on any atom is -0.331 e. The van der Waals surface area contributed by atoms with Gasteiger partial charge < -0.3 is 10.6 Å². The van der Waals surface area contributed by atoms with Crippen LogP contribution in [-0.4, -0.2) is 11.0 Å². The van der Waals surface area contributed by atoms with Crippen LogP contribution in [0.1, 0.15) is 29.7 Å². The van der Waals surface area contributed by atoms with E-state index in [2.05, 4.69) is 10.6 Å². The molecule has 0 saturated heterocycles. The summed E-state index contributed by atoms with van der Waals surface area (Å²) >= 11 is 0. The van der Waals surface area contributed by atoms with Gasteiger partial charge in [0.15, 0.2) is 0 Å². The predicted octanol–water partition coefficient (Wildman–Crippen LogP) is 5.05. The topological polar surface area (TPSA) is 84.3 Å². The van der Waals surface area contributed by atoms with Crippen molar-refractivity contribution in [1.82, 2.24) is 5.32 Å². The predicted molar refractivity (Wildman–Crippen MR) is 108 cm³/mol. The standard InChI is InChI=1S/C22H19N3O3/c1-14(15-5-3-2-4-6-15)23-22(26)24-18-7-9-20-16(12-18)11-17-13-19(25(27)28)8-10-21(17)20/h2-10,12-14H,11H2,1H3,(H2,23,24,26). The lowest BCUT2D eigenvalue weighted by atomic mass is 10.1. The third-order valence-corrected chi connectivity index (χ3v) is 4.98. The summed E-state index contributed by atoms with van der Waals surface area (Å²) in [4.78, 5) is 22.9. The molecule has 140 valence electrons. The Kier molecular flexibility index (Phi) is 4.53. The highest BCUT2D eigenvalue weighted by atomic mass is 16.6. The molecule has 2 amide bonds. The number of urea groups is 1. The van der Waals surface area contributed by atoms with E-state index in [1.54, 1.807) is 12.1 Å². The van der Waals surface area contributed by atoms with Crippen LogP contribution >= 0.6 is 0 Å². The molecule has 1 aliphatic carbocycles. The number of nitrogens with one attached hydrogen (secondary N) is 2. The summed E-state index contributed by atoms with van der Waals surface area (Å²) in [5.74, 6) is 0. The highest BCUT2D eigenvalue weighted by molar-refractivity contribution is 5.91. The first-order chi connectivity index (χ1) is 13.5. The molecule has 0 bridgehead atoms. The zero-order valence-electron chi connectivity index (χ0n) is 15.3. The minimum atomic E-state index is -0.380. The Bertz CT molecular complexity index is 1060. The highest BCUT2D eigenvalue weighted by Crippen LogP contribution is 2.39. The van der Waals surface area contributed by atoms with E-state index < -0.39 is 0 Å². The van der Waals surface area contributed by atoms with Crippen LogP contribution in [0.5, 0.6) is 0 Å². The van der Waals surface area contributed by atoms with Crippen LogP contribution in [0.2, 0.25) is 0 Å². The molecule has 6 heteroatoms. The molecule has 0 heterocycles. The number of benzene rings is 3. The Labute approximate surface area is 162 Å². The Balaban J connectivity index is 1.47. The number of hydrogen-bond donors (Lipinski definition) is 2. The van der Waals surface area contributed by atoms with Gasteiger partial charge in [-0.2, -0.15) is 0 Å². The van der Waals surface area contributed by atoms with Crippen LogP contribution < -0.4 is 10.6 Å². The Hall–Kier alpha value is -3.67. The second kappa shape index (κ2) is 7.15. The fourth-order valence-electron chi connectivity index (χ4n) is 3.58. The number of nitrogens with zero attached hydrogens (tertiary/aromatic N) is 1. The number of nitro groups is 1. The number of rotatable bonds is 4. The van der Waals surface area contributed by atoms with Gasteiger partial charge in [-0.1, -0.05) is 36.4 Å². The molecule has 3 aromatic carbocycles. The zero-order valence-corrected chi connectivity index (χ0v) is 15.3. The average molecular weight is 373 g/mol. The number of amides is 2. The van der Waals surface area contributed by atoms with Gasteiger partial charge in [0, 0.05) is 17.8 Å². The third-order valence-electron chi connectivity index (χ3n) is 4.98. The number of carbonyl (C=O) groups is 1. The Morgan fingerprint density at radius 2 is 1.68 bits per heavy atom. The van der Waals surface area contributed by atoms with E-state index in [9.17, 15) is 14.9 Å². The van der Waals surface area contributed by atoms with Crippen molar-refractivity contribution in [1.29, 1.82) is 0 Å². The molecule has 28 heavy (non-hydrogen) atoms. The molecule has 1 unspecified atom stereocenters. The number of hydrogen-bond acceptors (Lipinski definition) is 3. The normalized spacial score (nSPS) is 12.6. The number of carbonyl (C=O) groups excluding carboxylic acids is 1. The SMILES string of the molecule is CC(NC(=O)Nc1ccc2c(c1)Cc1cc([N+](=O)[O-])ccc1-2)c1ccccc1. The Morgan fingerprint density at radius 1 is 1.00 bits per heavy atom. The van der Waals surface area contributed by atoms with Crippen LogP contribution in [-0.2, 0) is 6.42 Å². The summed E-state index contributed by atoms with van der Waals surface area (Å²) < 4.78 is 0. The third kappa shape index (κ3) is 3.44. The van der Waals surface area contributed by atoms with Gasteiger partial charge in [-0.05, 0) is 59.4 Å². The maximum atomic E-state index is 12.3. The fourth-order valence-corrected chi connectivity index (χ4v) is 3.58. The summed E-state index contributed by atoms with van der Waals surface area (Å²) in [6.07, 6.45) is 0.615. The quantitative estimate of drug-likeness (QED) is 0.388. The molecule has 0 radical (unpaired) electrons. The number of anilines is 1. The summed E-state index contributed by atoms with van der Waals surface area (Å²) in [5, 5.41) is 16.8. The Morgan fingerprint density at radius 3 is 2.39 bits per heavy atom. The van der Waals surface area contributed by atoms with Crippen molar-refractivity contribution in [2.45, 2.75) is 19.4 Å². The van der Waals surface area contributed by atoms with Gasteiger partial charge in [-0.3, -0.25) is 10.1 Å². The fraction of sp³-hybridized carbons (Fsp3) is 0.136. The molecule has 2 N–H and O–H groups in total. The van der Waals surface area contributed by atoms with Gasteiger partial charge in [0.25, 0.3) is 5.69 Å². The molecule has 4 rings (SSSR count). The van der Waals surface area contributed by atoms with E-state index in [0.717, 1.165) is 27.8 Å². The maximum Gasteiger partial charge on any atom is 0.319 e. The monoisotopic (exact) mass is 373 g/mol. The van der Waals surface area contributed by atoms with Crippen LogP contribution in [0, 0.1) is 10.1 Å². The smallest absolute Gasteiger partial charge is 0.319 e. The summed E-state index contributed by atoms with van der Waals surface area (Å²) in [6.45, 7) is 1.93. The van der Waals surface area contributed by atoms with E-state index >= 15 is 0 Å². The highest BCUT2D eigenvalue weighted by Gasteiger charge is 2.21. The van der Waals surface area contributed by atoms with Crippen molar-refractivity contribution in [2.75, 3.05) is 5.32 Å². The molecule has 0 fully saturated rings. The van der Waals surface area contributed by atoms with Crippen molar-refractivity contribution >= 4 is 17.4 Å². The van der Waals surface area contributed by atoms with Gasteiger partial charge in [-0.25, -0.2) is 4.79 Å². The molecule has 0 aliphatic heterocycles. The van der Waals surface area contributed by atoms with Gasteiger partial charge >= 0.3 is 6.03 Å². The second-order valence-electron chi connectivity index (χ2n) is 6.88. The van der Waals surface area contributed by atoms with E-state index in [-0.39, 0.29) is 22.7 Å². The van der Waals surface area contributed by atoms with E-state index in [4.69, 9.17) is 0 Å². The van der Waals surface area contributed by atoms with Crippen LogP contribution in [0.15, 0.2) is 66.7 Å². The molecular formula is C22H19N3O3. The summed E-state index contributed by atoms with van der Waals surface area (Å²) in [7, 11) is 0. The van der Waals surface area contributed by atoms with Gasteiger partial charge in [-0.15, -0.1) is 0 Å². The van der Waals surface area contributed by atoms with Crippen molar-refractivity contribution in [3.63, 3.8) is 0 Å². The van der Waals surface area contributed by atoms with Gasteiger partial charge in [0.1, 0.15) is 0 Å². The van der Waals surface area contributed by atoms with E-state index in [1.165, 1.54) is 6.07 Å². The first-order valence-corrected chi connectivity index (χ1v) is 9.04. The number of nitro benzene ring substituents is 1. The molecule has 3 aromatic rings. The lowest BCUT2D eigenvalue weighted by Gasteiger charge is -2.15. The average Bonchev–Trinajstić information content (AvgIpc) is 3.05. The molecule has 1 atom stereocenters. The number of non-ortho nitro benzene ring substituents is 1. The molecule has 0 saturated carbocycles. The largest absolute Gasteiger partial charge is 0.331 e. The van der Waals surface area contributed by atoms with Crippen molar-refractivity contribution in [3.8, 4) is 11.1 Å². The number of fused-ring (bicyclic) bond motifs is 3. The molecule has 1 aliphatic rings. The van der Waals surface area contributed by atoms with Crippen LogP contribution in [0.4, 0.5) is 16.2 Å². The summed E-state index contributed by atoms with van der Waals surface area (Å²) in [6, 6.07) is 20.0. The maximum absolute atomic E-state index is 12.3. The first-order valence-electron chi connectivity index (χ1n) is 9.04. The lowest BCUT2D eigenvalue weighted by Crippen LogP contribution is -2.31. The lowest BCUT2D eigenvalue weighted by molar-refractivity contribution is -0.384. The van der Waals surface area contributed by atoms with Crippen LogP contribution in [0.3, 0.4) is 0 Å². The van der Waals surface area contributed by atoms with E-state index in [0.29, 0.717) is 12.1 Å². The van der Waals surface area contributed by atoms with Crippen molar-refractivity contribution < 1.29 is 9.72 Å². The van der Waals surface area contributed by atoms with E-state index in [1.807, 2.05) is 55.5 Å². The van der Waals surface area contributed by atoms with Crippen molar-refractivity contribution in [2.24, 2.45) is 0 Å². The molecule has 0 aromatic heterocycles. The van der Waals surface area contributed by atoms with Crippen LogP contribution in [0.25, 0.3) is 11.1 Å². The van der Waals surface area contributed by atoms with Gasteiger partial charge in [0.2, 0.25) is 0 Å². The molecule has 0 spiro atoms. The molecule has 6 nitrogen and oxygen atoms in total. The summed E-state index contributed by atoms with van der Waals surface area (Å²) in [5.41, 5.74) is 5.86. The second-order valence-corrected chi connectivity index (χ2v) is 6.88. The first kappa shape index (κ1) is 17.7. The van der Waals surface area contributed by atoms with Gasteiger partial charge in [0.05, 0.1) is 11.0 Å². The van der Waals surface area contributed by atoms with Crippen molar-refractivity contribution in [3.05, 3.63) is 93.5 Å². The molecular weight excluding hydrogens is 354 g/mol. The minimum absolute atomic E-state index is 0.0965.